The average Bonchev–Trinajstić information content (AvgIpc) is 2.26. The van der Waals surface area contributed by atoms with Gasteiger partial charge in [-0.1, -0.05) is 35.3 Å². The molecule has 0 saturated carbocycles. The van der Waals surface area contributed by atoms with Crippen LogP contribution in [0.1, 0.15) is 0 Å². The monoisotopic (exact) mass is 255 g/mol. The lowest BCUT2D eigenvalue weighted by atomic mass is 10.1. The summed E-state index contributed by atoms with van der Waals surface area (Å²) in [7, 11) is 0. The molecule has 2 rings (SSSR count). The topological polar surface area (TPSA) is 26.0 Å². The van der Waals surface area contributed by atoms with Crippen molar-refractivity contribution >= 4 is 28.9 Å². The molecule has 0 saturated heterocycles. The van der Waals surface area contributed by atoms with Gasteiger partial charge in [0.15, 0.2) is 0 Å². The van der Waals surface area contributed by atoms with Crippen LogP contribution in [0.5, 0.6) is 0 Å². The largest absolute Gasteiger partial charge is 0.396 e. The van der Waals surface area contributed by atoms with Gasteiger partial charge in [-0.3, -0.25) is 0 Å². The molecule has 0 bridgehead atoms. The normalized spacial score (nSPS) is 10.4. The predicted molar refractivity (Wildman–Crippen MR) is 66.3 cm³/mol. The van der Waals surface area contributed by atoms with Gasteiger partial charge < -0.3 is 5.73 Å². The molecular weight excluding hydrogens is 248 g/mol. The standard InChI is InChI=1S/C12H8Cl2FN/c13-9-3-1-7(5-10(9)14)8-2-4-11(15)12(16)6-8/h1-6H,16H2. The molecule has 0 fully saturated rings. The summed E-state index contributed by atoms with van der Waals surface area (Å²) in [6, 6.07) is 9.75. The minimum Gasteiger partial charge on any atom is -0.396 e. The van der Waals surface area contributed by atoms with E-state index >= 15 is 0 Å². The van der Waals surface area contributed by atoms with Crippen molar-refractivity contribution in [3.8, 4) is 11.1 Å². The van der Waals surface area contributed by atoms with Crippen LogP contribution in [0.2, 0.25) is 10.0 Å². The van der Waals surface area contributed by atoms with Crippen LogP contribution in [-0.2, 0) is 0 Å². The highest BCUT2D eigenvalue weighted by Crippen LogP contribution is 2.29. The molecule has 0 aromatic heterocycles. The Labute approximate surface area is 103 Å². The molecule has 4 heteroatoms. The van der Waals surface area contributed by atoms with E-state index in [9.17, 15) is 4.39 Å². The van der Waals surface area contributed by atoms with Crippen LogP contribution >= 0.6 is 23.2 Å². The Balaban J connectivity index is 2.50. The smallest absolute Gasteiger partial charge is 0.146 e. The first-order valence-corrected chi connectivity index (χ1v) is 5.34. The van der Waals surface area contributed by atoms with E-state index in [2.05, 4.69) is 0 Å². The predicted octanol–water partition coefficient (Wildman–Crippen LogP) is 4.38. The van der Waals surface area contributed by atoms with Gasteiger partial charge in [-0.2, -0.15) is 0 Å². The third kappa shape index (κ3) is 2.13. The molecule has 0 spiro atoms. The summed E-state index contributed by atoms with van der Waals surface area (Å²) in [5, 5.41) is 0.947. The molecule has 0 amide bonds. The molecule has 2 aromatic rings. The van der Waals surface area contributed by atoms with E-state index < -0.39 is 5.82 Å². The van der Waals surface area contributed by atoms with Gasteiger partial charge in [0, 0.05) is 0 Å². The van der Waals surface area contributed by atoms with Crippen molar-refractivity contribution in [2.75, 3.05) is 5.73 Å². The number of nitrogen functional groups attached to an aromatic ring is 1. The second kappa shape index (κ2) is 4.32. The third-order valence-electron chi connectivity index (χ3n) is 2.25. The Morgan fingerprint density at radius 1 is 0.875 bits per heavy atom. The minimum absolute atomic E-state index is 0.114. The van der Waals surface area contributed by atoms with Crippen molar-refractivity contribution in [1.82, 2.24) is 0 Å². The molecule has 16 heavy (non-hydrogen) atoms. The van der Waals surface area contributed by atoms with Crippen LogP contribution in [0.4, 0.5) is 10.1 Å². The van der Waals surface area contributed by atoms with Crippen LogP contribution in [-0.4, -0.2) is 0 Å². The molecular formula is C12H8Cl2FN. The van der Waals surface area contributed by atoms with Gasteiger partial charge in [0.05, 0.1) is 15.7 Å². The molecule has 2 N–H and O–H groups in total. The first-order valence-electron chi connectivity index (χ1n) is 4.58. The van der Waals surface area contributed by atoms with Crippen molar-refractivity contribution < 1.29 is 4.39 Å². The molecule has 0 aliphatic heterocycles. The van der Waals surface area contributed by atoms with E-state index in [4.69, 9.17) is 28.9 Å². The second-order valence-corrected chi connectivity index (χ2v) is 4.18. The van der Waals surface area contributed by atoms with E-state index in [-0.39, 0.29) is 5.69 Å². The maximum atomic E-state index is 13.0. The fourth-order valence-electron chi connectivity index (χ4n) is 1.40. The molecule has 0 atom stereocenters. The number of anilines is 1. The number of halogens is 3. The number of benzene rings is 2. The zero-order chi connectivity index (χ0) is 11.7. The van der Waals surface area contributed by atoms with E-state index in [1.165, 1.54) is 6.07 Å². The van der Waals surface area contributed by atoms with Crippen LogP contribution < -0.4 is 5.73 Å². The summed E-state index contributed by atoms with van der Waals surface area (Å²) < 4.78 is 13.0. The highest BCUT2D eigenvalue weighted by atomic mass is 35.5. The van der Waals surface area contributed by atoms with E-state index in [0.717, 1.165) is 11.1 Å². The zero-order valence-electron chi connectivity index (χ0n) is 8.18. The third-order valence-corrected chi connectivity index (χ3v) is 2.99. The van der Waals surface area contributed by atoms with Gasteiger partial charge in [-0.15, -0.1) is 0 Å². The van der Waals surface area contributed by atoms with Crippen molar-refractivity contribution in [2.24, 2.45) is 0 Å². The quantitative estimate of drug-likeness (QED) is 0.752. The maximum Gasteiger partial charge on any atom is 0.146 e. The molecule has 1 nitrogen and oxygen atoms in total. The fourth-order valence-corrected chi connectivity index (χ4v) is 1.70. The number of hydrogen-bond donors (Lipinski definition) is 1. The van der Waals surface area contributed by atoms with Gasteiger partial charge >= 0.3 is 0 Å². The summed E-state index contributed by atoms with van der Waals surface area (Å²) in [5.41, 5.74) is 7.26. The average molecular weight is 256 g/mol. The molecule has 0 aliphatic rings. The second-order valence-electron chi connectivity index (χ2n) is 3.37. The van der Waals surface area contributed by atoms with Crippen LogP contribution in [0.25, 0.3) is 11.1 Å². The maximum absolute atomic E-state index is 13.0. The Bertz CT molecular complexity index is 491. The minimum atomic E-state index is -0.427. The summed E-state index contributed by atoms with van der Waals surface area (Å²) in [5.74, 6) is -0.427. The first kappa shape index (κ1) is 11.2. The number of rotatable bonds is 1. The zero-order valence-corrected chi connectivity index (χ0v) is 9.69. The first-order chi connectivity index (χ1) is 7.58. The van der Waals surface area contributed by atoms with Crippen molar-refractivity contribution in [2.45, 2.75) is 0 Å². The lowest BCUT2D eigenvalue weighted by Gasteiger charge is -2.05. The van der Waals surface area contributed by atoms with Gasteiger partial charge in [-0.05, 0) is 35.4 Å². The Morgan fingerprint density at radius 2 is 1.50 bits per heavy atom. The lowest BCUT2D eigenvalue weighted by molar-refractivity contribution is 0.632. The number of nitrogens with two attached hydrogens (primary N) is 1. The Morgan fingerprint density at radius 3 is 2.12 bits per heavy atom. The molecule has 0 radical (unpaired) electrons. The highest BCUT2D eigenvalue weighted by Gasteiger charge is 2.04. The molecule has 0 heterocycles. The van der Waals surface area contributed by atoms with E-state index in [0.29, 0.717) is 10.0 Å². The van der Waals surface area contributed by atoms with Crippen molar-refractivity contribution in [3.63, 3.8) is 0 Å². The fraction of sp³-hybridized carbons (Fsp3) is 0. The summed E-state index contributed by atoms with van der Waals surface area (Å²) >= 11 is 11.7. The molecule has 0 aliphatic carbocycles. The van der Waals surface area contributed by atoms with Crippen molar-refractivity contribution in [1.29, 1.82) is 0 Å². The SMILES string of the molecule is Nc1cc(-c2ccc(Cl)c(Cl)c2)ccc1F. The van der Waals surface area contributed by atoms with Gasteiger partial charge in [0.25, 0.3) is 0 Å². The highest BCUT2D eigenvalue weighted by molar-refractivity contribution is 6.42. The van der Waals surface area contributed by atoms with E-state index in [1.807, 2.05) is 0 Å². The lowest BCUT2D eigenvalue weighted by Crippen LogP contribution is -1.90. The van der Waals surface area contributed by atoms with Gasteiger partial charge in [0.1, 0.15) is 5.82 Å². The summed E-state index contributed by atoms with van der Waals surface area (Å²) in [6.45, 7) is 0. The van der Waals surface area contributed by atoms with Gasteiger partial charge in [0.2, 0.25) is 0 Å². The van der Waals surface area contributed by atoms with Gasteiger partial charge in [-0.25, -0.2) is 4.39 Å². The molecule has 82 valence electrons. The number of hydrogen-bond acceptors (Lipinski definition) is 1. The Kier molecular flexibility index (Phi) is 3.03. The molecule has 2 aromatic carbocycles. The summed E-state index contributed by atoms with van der Waals surface area (Å²) in [6.07, 6.45) is 0. The van der Waals surface area contributed by atoms with Crippen molar-refractivity contribution in [3.05, 3.63) is 52.3 Å². The van der Waals surface area contributed by atoms with Crippen LogP contribution in [0.3, 0.4) is 0 Å². The summed E-state index contributed by atoms with van der Waals surface area (Å²) in [4.78, 5) is 0. The van der Waals surface area contributed by atoms with Crippen LogP contribution in [0, 0.1) is 5.82 Å². The molecule has 0 unspecified atom stereocenters. The Hall–Kier alpha value is -1.25. The van der Waals surface area contributed by atoms with Crippen LogP contribution in [0.15, 0.2) is 36.4 Å². The van der Waals surface area contributed by atoms with E-state index in [1.54, 1.807) is 30.3 Å².